The first-order chi connectivity index (χ1) is 12.3. The second kappa shape index (κ2) is 7.05. The van der Waals surface area contributed by atoms with Crippen molar-refractivity contribution in [2.24, 2.45) is 0 Å². The summed E-state index contributed by atoms with van der Waals surface area (Å²) in [4.78, 5) is 28.7. The highest BCUT2D eigenvalue weighted by Crippen LogP contribution is 2.29. The smallest absolute Gasteiger partial charge is 0.337 e. The van der Waals surface area contributed by atoms with Gasteiger partial charge in [0.15, 0.2) is 0 Å². The summed E-state index contributed by atoms with van der Waals surface area (Å²) in [6.45, 7) is 3.48. The van der Waals surface area contributed by atoms with Crippen LogP contribution in [0.5, 0.6) is 0 Å². The van der Waals surface area contributed by atoms with Gasteiger partial charge in [-0.2, -0.15) is 0 Å². The monoisotopic (exact) mass is 370 g/mol. The van der Waals surface area contributed by atoms with Crippen molar-refractivity contribution in [1.82, 2.24) is 4.98 Å². The number of thiazole rings is 1. The minimum absolute atomic E-state index is 0.0271. The van der Waals surface area contributed by atoms with Gasteiger partial charge in [0.2, 0.25) is 0 Å². The Kier molecular flexibility index (Phi) is 4.81. The average Bonchev–Trinajstić information content (AvgIpc) is 2.99. The molecule has 0 saturated carbocycles. The van der Waals surface area contributed by atoms with Crippen LogP contribution in [0.4, 0.5) is 10.1 Å². The number of hydrogen-bond acceptors (Lipinski definition) is 4. The largest absolute Gasteiger partial charge is 0.478 e. The molecule has 132 valence electrons. The SMILES string of the molecule is Cc1ccc(NC(=O)c2sc(-c3ccc(F)cc3)nc2C)c(C(=O)O)c1. The highest BCUT2D eigenvalue weighted by Gasteiger charge is 2.19. The van der Waals surface area contributed by atoms with Crippen LogP contribution in [0.2, 0.25) is 0 Å². The summed E-state index contributed by atoms with van der Waals surface area (Å²) in [6, 6.07) is 10.6. The molecule has 2 aromatic carbocycles. The zero-order valence-corrected chi connectivity index (χ0v) is 14.9. The minimum Gasteiger partial charge on any atom is -0.478 e. The lowest BCUT2D eigenvalue weighted by molar-refractivity contribution is 0.0698. The molecule has 0 saturated heterocycles. The van der Waals surface area contributed by atoms with Gasteiger partial charge >= 0.3 is 5.97 Å². The lowest BCUT2D eigenvalue weighted by atomic mass is 10.1. The van der Waals surface area contributed by atoms with Gasteiger partial charge in [0, 0.05) is 5.56 Å². The molecule has 1 amide bonds. The molecule has 2 N–H and O–H groups in total. The van der Waals surface area contributed by atoms with E-state index in [1.807, 2.05) is 0 Å². The summed E-state index contributed by atoms with van der Waals surface area (Å²) in [5.74, 6) is -1.89. The third-order valence-electron chi connectivity index (χ3n) is 3.75. The number of benzene rings is 2. The van der Waals surface area contributed by atoms with Gasteiger partial charge in [0.25, 0.3) is 5.91 Å². The zero-order chi connectivity index (χ0) is 18.8. The number of aryl methyl sites for hydroxylation is 2. The van der Waals surface area contributed by atoms with E-state index in [9.17, 15) is 19.1 Å². The summed E-state index contributed by atoms with van der Waals surface area (Å²) in [5, 5.41) is 12.5. The van der Waals surface area contributed by atoms with Crippen molar-refractivity contribution in [2.45, 2.75) is 13.8 Å². The Balaban J connectivity index is 1.90. The topological polar surface area (TPSA) is 79.3 Å². The molecule has 3 aromatic rings. The molecule has 0 aliphatic rings. The molecule has 5 nitrogen and oxygen atoms in total. The standard InChI is InChI=1S/C19H15FN2O3S/c1-10-3-8-15(14(9-10)19(24)25)22-17(23)16-11(2)21-18(26-16)12-4-6-13(20)7-5-12/h3-9H,1-2H3,(H,22,23)(H,24,25). The van der Waals surface area contributed by atoms with Crippen molar-refractivity contribution >= 4 is 28.9 Å². The van der Waals surface area contributed by atoms with Crippen molar-refractivity contribution in [1.29, 1.82) is 0 Å². The van der Waals surface area contributed by atoms with Crippen LogP contribution in [0.3, 0.4) is 0 Å². The second-order valence-electron chi connectivity index (χ2n) is 5.75. The Morgan fingerprint density at radius 3 is 2.46 bits per heavy atom. The number of carbonyl (C=O) groups is 2. The van der Waals surface area contributed by atoms with E-state index in [1.54, 1.807) is 38.1 Å². The molecule has 7 heteroatoms. The van der Waals surface area contributed by atoms with Gasteiger partial charge in [-0.05, 0) is 50.2 Å². The van der Waals surface area contributed by atoms with Gasteiger partial charge in [0.1, 0.15) is 15.7 Å². The average molecular weight is 370 g/mol. The third kappa shape index (κ3) is 3.62. The van der Waals surface area contributed by atoms with Crippen molar-refractivity contribution in [2.75, 3.05) is 5.32 Å². The van der Waals surface area contributed by atoms with Crippen LogP contribution in [-0.2, 0) is 0 Å². The normalized spacial score (nSPS) is 10.6. The van der Waals surface area contributed by atoms with Crippen LogP contribution < -0.4 is 5.32 Å². The number of nitrogens with one attached hydrogen (secondary N) is 1. The van der Waals surface area contributed by atoms with Gasteiger partial charge < -0.3 is 10.4 Å². The Labute approximate surface area is 153 Å². The maximum Gasteiger partial charge on any atom is 0.337 e. The molecule has 0 aliphatic heterocycles. The third-order valence-corrected chi connectivity index (χ3v) is 4.95. The second-order valence-corrected chi connectivity index (χ2v) is 6.75. The van der Waals surface area contributed by atoms with Crippen LogP contribution in [0.15, 0.2) is 42.5 Å². The summed E-state index contributed by atoms with van der Waals surface area (Å²) >= 11 is 1.17. The minimum atomic E-state index is -1.11. The molecule has 1 heterocycles. The lowest BCUT2D eigenvalue weighted by Crippen LogP contribution is -2.14. The molecule has 0 spiro atoms. The van der Waals surface area contributed by atoms with Crippen molar-refractivity contribution in [3.8, 4) is 10.6 Å². The fourth-order valence-electron chi connectivity index (χ4n) is 2.45. The summed E-state index contributed by atoms with van der Waals surface area (Å²) < 4.78 is 13.1. The molecule has 0 unspecified atom stereocenters. The number of carbonyl (C=O) groups excluding carboxylic acids is 1. The molecular formula is C19H15FN2O3S. The number of rotatable bonds is 4. The number of aromatic nitrogens is 1. The van der Waals surface area contributed by atoms with Crippen LogP contribution in [0.25, 0.3) is 10.6 Å². The van der Waals surface area contributed by atoms with E-state index in [1.165, 1.54) is 29.5 Å². The van der Waals surface area contributed by atoms with Crippen molar-refractivity contribution in [3.05, 3.63) is 70.0 Å². The van der Waals surface area contributed by atoms with Crippen molar-refractivity contribution in [3.63, 3.8) is 0 Å². The van der Waals surface area contributed by atoms with Crippen molar-refractivity contribution < 1.29 is 19.1 Å². The number of carboxylic acids is 1. The van der Waals surface area contributed by atoms with Gasteiger partial charge in [-0.1, -0.05) is 11.6 Å². The fraction of sp³-hybridized carbons (Fsp3) is 0.105. The first-order valence-corrected chi connectivity index (χ1v) is 8.55. The van der Waals surface area contributed by atoms with Crippen LogP contribution in [0, 0.1) is 19.7 Å². The maximum atomic E-state index is 13.1. The van der Waals surface area contributed by atoms with Gasteiger partial charge in [-0.15, -0.1) is 11.3 Å². The van der Waals surface area contributed by atoms with Gasteiger partial charge in [-0.3, -0.25) is 4.79 Å². The van der Waals surface area contributed by atoms with E-state index in [4.69, 9.17) is 0 Å². The fourth-order valence-corrected chi connectivity index (χ4v) is 3.41. The first-order valence-electron chi connectivity index (χ1n) is 7.74. The molecule has 1 aromatic heterocycles. The van der Waals surface area contributed by atoms with Crippen LogP contribution in [0.1, 0.15) is 31.3 Å². The Hall–Kier alpha value is -3.06. The lowest BCUT2D eigenvalue weighted by Gasteiger charge is -2.08. The molecule has 26 heavy (non-hydrogen) atoms. The molecule has 0 atom stereocenters. The molecule has 0 bridgehead atoms. The number of aromatic carboxylic acids is 1. The van der Waals surface area contributed by atoms with E-state index >= 15 is 0 Å². The summed E-state index contributed by atoms with van der Waals surface area (Å²) in [6.07, 6.45) is 0. The zero-order valence-electron chi connectivity index (χ0n) is 14.0. The number of carboxylic acid groups (broad SMARTS) is 1. The summed E-state index contributed by atoms with van der Waals surface area (Å²) in [7, 11) is 0. The number of hydrogen-bond donors (Lipinski definition) is 2. The Morgan fingerprint density at radius 2 is 1.81 bits per heavy atom. The molecule has 0 aliphatic carbocycles. The van der Waals surface area contributed by atoms with E-state index in [0.717, 1.165) is 5.56 Å². The van der Waals surface area contributed by atoms with E-state index in [0.29, 0.717) is 21.1 Å². The highest BCUT2D eigenvalue weighted by atomic mass is 32.1. The summed E-state index contributed by atoms with van der Waals surface area (Å²) in [5.41, 5.74) is 2.27. The quantitative estimate of drug-likeness (QED) is 0.708. The number of anilines is 1. The maximum absolute atomic E-state index is 13.1. The Morgan fingerprint density at radius 1 is 1.12 bits per heavy atom. The molecule has 0 fully saturated rings. The molecule has 0 radical (unpaired) electrons. The number of amides is 1. The van der Waals surface area contributed by atoms with Gasteiger partial charge in [0.05, 0.1) is 16.9 Å². The Bertz CT molecular complexity index is 997. The highest BCUT2D eigenvalue weighted by molar-refractivity contribution is 7.17. The predicted octanol–water partition coefficient (Wildman–Crippen LogP) is 4.52. The number of halogens is 1. The van der Waals surface area contributed by atoms with Crippen LogP contribution >= 0.6 is 11.3 Å². The van der Waals surface area contributed by atoms with Gasteiger partial charge in [-0.25, -0.2) is 14.2 Å². The van der Waals surface area contributed by atoms with E-state index < -0.39 is 11.9 Å². The number of nitrogens with zero attached hydrogens (tertiary/aromatic N) is 1. The molecular weight excluding hydrogens is 355 g/mol. The predicted molar refractivity (Wildman–Crippen MR) is 98.3 cm³/mol. The van der Waals surface area contributed by atoms with Crippen LogP contribution in [-0.4, -0.2) is 22.0 Å². The molecule has 3 rings (SSSR count). The first kappa shape index (κ1) is 17.8. The van der Waals surface area contributed by atoms with E-state index in [2.05, 4.69) is 10.3 Å². The van der Waals surface area contributed by atoms with E-state index in [-0.39, 0.29) is 17.1 Å².